The Morgan fingerprint density at radius 1 is 1.15 bits per heavy atom. The van der Waals surface area contributed by atoms with Crippen molar-refractivity contribution in [3.63, 3.8) is 0 Å². The molecule has 1 aromatic carbocycles. The summed E-state index contributed by atoms with van der Waals surface area (Å²) in [6.07, 6.45) is 8.79. The van der Waals surface area contributed by atoms with Crippen LogP contribution >= 0.6 is 0 Å². The molecule has 1 aromatic rings. The molecule has 6 nitrogen and oxygen atoms in total. The van der Waals surface area contributed by atoms with Crippen LogP contribution in [0.1, 0.15) is 44.1 Å². The predicted molar refractivity (Wildman–Crippen MR) is 105 cm³/mol. The summed E-state index contributed by atoms with van der Waals surface area (Å²) in [4.78, 5) is 4.22. The van der Waals surface area contributed by atoms with Gasteiger partial charge in [0, 0.05) is 26.2 Å². The van der Waals surface area contributed by atoms with Gasteiger partial charge in [-0.2, -0.15) is 0 Å². The predicted octanol–water partition coefficient (Wildman–Crippen LogP) is 2.85. The first-order chi connectivity index (χ1) is 12.7. The lowest BCUT2D eigenvalue weighted by Crippen LogP contribution is -2.40. The molecule has 0 atom stereocenters. The molecule has 0 spiro atoms. The van der Waals surface area contributed by atoms with E-state index in [2.05, 4.69) is 15.6 Å². The second-order valence-electron chi connectivity index (χ2n) is 6.65. The summed E-state index contributed by atoms with van der Waals surface area (Å²) in [5.74, 6) is 1.67. The Balaban J connectivity index is 1.63. The van der Waals surface area contributed by atoms with Gasteiger partial charge in [-0.25, -0.2) is 0 Å². The molecule has 146 valence electrons. The number of phenols is 1. The molecule has 1 aliphatic rings. The number of hydrogen-bond acceptors (Lipinski definition) is 4. The molecule has 0 saturated heterocycles. The van der Waals surface area contributed by atoms with E-state index in [4.69, 9.17) is 9.47 Å². The summed E-state index contributed by atoms with van der Waals surface area (Å²) in [7, 11) is 3.34. The number of ether oxygens (including phenoxy) is 2. The van der Waals surface area contributed by atoms with Crippen LogP contribution in [-0.4, -0.2) is 51.0 Å². The van der Waals surface area contributed by atoms with Gasteiger partial charge in [-0.05, 0) is 30.9 Å². The van der Waals surface area contributed by atoms with E-state index in [0.29, 0.717) is 31.4 Å². The van der Waals surface area contributed by atoms with Crippen molar-refractivity contribution in [3.05, 3.63) is 23.8 Å². The van der Waals surface area contributed by atoms with Crippen molar-refractivity contribution in [1.82, 2.24) is 10.6 Å². The fourth-order valence-electron chi connectivity index (χ4n) is 3.22. The van der Waals surface area contributed by atoms with E-state index in [1.807, 2.05) is 12.1 Å². The zero-order valence-electron chi connectivity index (χ0n) is 16.1. The molecule has 26 heavy (non-hydrogen) atoms. The van der Waals surface area contributed by atoms with E-state index in [1.54, 1.807) is 20.2 Å². The summed E-state index contributed by atoms with van der Waals surface area (Å²) < 4.78 is 11.1. The van der Waals surface area contributed by atoms with Crippen molar-refractivity contribution in [1.29, 1.82) is 0 Å². The van der Waals surface area contributed by atoms with Crippen LogP contribution in [0.15, 0.2) is 23.2 Å². The van der Waals surface area contributed by atoms with Gasteiger partial charge in [-0.15, -0.1) is 0 Å². The lowest BCUT2D eigenvalue weighted by atomic mass is 10.1. The molecule has 0 aromatic heterocycles. The lowest BCUT2D eigenvalue weighted by Gasteiger charge is -2.17. The minimum atomic E-state index is 0.255. The SMILES string of the molecule is CN=C(NCCOC1CCCCCC1)NCCc1ccc(OC)cc1O. The van der Waals surface area contributed by atoms with Gasteiger partial charge in [0.25, 0.3) is 0 Å². The zero-order chi connectivity index (χ0) is 18.6. The number of rotatable bonds is 8. The Labute approximate surface area is 157 Å². The number of hydrogen-bond donors (Lipinski definition) is 3. The maximum atomic E-state index is 9.99. The summed E-state index contributed by atoms with van der Waals surface area (Å²) in [6, 6.07) is 5.37. The molecule has 0 unspecified atom stereocenters. The average molecular weight is 364 g/mol. The first-order valence-electron chi connectivity index (χ1n) is 9.65. The van der Waals surface area contributed by atoms with E-state index in [1.165, 1.54) is 38.5 Å². The number of benzene rings is 1. The second kappa shape index (κ2) is 11.6. The third-order valence-corrected chi connectivity index (χ3v) is 4.75. The Morgan fingerprint density at radius 2 is 1.88 bits per heavy atom. The maximum absolute atomic E-state index is 9.99. The molecule has 0 bridgehead atoms. The molecule has 1 aliphatic carbocycles. The van der Waals surface area contributed by atoms with Crippen LogP contribution in [0.4, 0.5) is 0 Å². The van der Waals surface area contributed by atoms with Gasteiger partial charge in [0.05, 0.1) is 19.8 Å². The van der Waals surface area contributed by atoms with Crippen LogP contribution < -0.4 is 15.4 Å². The molecule has 1 saturated carbocycles. The van der Waals surface area contributed by atoms with E-state index >= 15 is 0 Å². The standard InChI is InChI=1S/C20H33N3O3/c1-21-20(23-13-14-26-17-7-5-3-4-6-8-17)22-12-11-16-9-10-18(25-2)15-19(16)24/h9-10,15,17,24H,3-8,11-14H2,1-2H3,(H2,21,22,23). The average Bonchev–Trinajstić information content (AvgIpc) is 2.93. The minimum Gasteiger partial charge on any atom is -0.508 e. The summed E-state index contributed by atoms with van der Waals surface area (Å²) in [5, 5.41) is 16.5. The van der Waals surface area contributed by atoms with Crippen molar-refractivity contribution < 1.29 is 14.6 Å². The number of phenolic OH excluding ortho intramolecular Hbond substituents is 1. The summed E-state index contributed by atoms with van der Waals surface area (Å²) in [6.45, 7) is 2.12. The Morgan fingerprint density at radius 3 is 2.54 bits per heavy atom. The largest absolute Gasteiger partial charge is 0.508 e. The fourth-order valence-corrected chi connectivity index (χ4v) is 3.22. The molecule has 0 amide bonds. The fraction of sp³-hybridized carbons (Fsp3) is 0.650. The quantitative estimate of drug-likeness (QED) is 0.287. The van der Waals surface area contributed by atoms with Crippen molar-refractivity contribution in [2.75, 3.05) is 33.9 Å². The molecule has 0 aliphatic heterocycles. The highest BCUT2D eigenvalue weighted by molar-refractivity contribution is 5.79. The smallest absolute Gasteiger partial charge is 0.191 e. The highest BCUT2D eigenvalue weighted by Crippen LogP contribution is 2.23. The zero-order valence-corrected chi connectivity index (χ0v) is 16.1. The minimum absolute atomic E-state index is 0.255. The van der Waals surface area contributed by atoms with Gasteiger partial charge in [-0.1, -0.05) is 31.7 Å². The summed E-state index contributed by atoms with van der Waals surface area (Å²) >= 11 is 0. The van der Waals surface area contributed by atoms with Gasteiger partial charge in [-0.3, -0.25) is 4.99 Å². The first kappa shape index (κ1) is 20.4. The molecule has 2 rings (SSSR count). The molecule has 0 heterocycles. The Hall–Kier alpha value is -1.95. The number of nitrogens with one attached hydrogen (secondary N) is 2. The number of guanidine groups is 1. The van der Waals surface area contributed by atoms with Crippen LogP contribution in [0.5, 0.6) is 11.5 Å². The number of nitrogens with zero attached hydrogens (tertiary/aromatic N) is 1. The number of methoxy groups -OCH3 is 1. The van der Waals surface area contributed by atoms with Crippen LogP contribution in [0.2, 0.25) is 0 Å². The van der Waals surface area contributed by atoms with E-state index in [9.17, 15) is 5.11 Å². The third kappa shape index (κ3) is 7.12. The number of aromatic hydroxyl groups is 1. The summed E-state index contributed by atoms with van der Waals surface area (Å²) in [5.41, 5.74) is 0.880. The maximum Gasteiger partial charge on any atom is 0.191 e. The van der Waals surface area contributed by atoms with Gasteiger partial charge in [0.1, 0.15) is 11.5 Å². The number of aliphatic imine (C=N–C) groups is 1. The molecule has 1 fully saturated rings. The Kier molecular flexibility index (Phi) is 9.10. The first-order valence-corrected chi connectivity index (χ1v) is 9.65. The lowest BCUT2D eigenvalue weighted by molar-refractivity contribution is 0.0468. The van der Waals surface area contributed by atoms with Crippen LogP contribution in [0.3, 0.4) is 0 Å². The van der Waals surface area contributed by atoms with E-state index in [0.717, 1.165) is 18.1 Å². The third-order valence-electron chi connectivity index (χ3n) is 4.75. The topological polar surface area (TPSA) is 75.1 Å². The molecule has 0 radical (unpaired) electrons. The highest BCUT2D eigenvalue weighted by atomic mass is 16.5. The molecular weight excluding hydrogens is 330 g/mol. The van der Waals surface area contributed by atoms with Gasteiger partial charge in [0.2, 0.25) is 0 Å². The second-order valence-corrected chi connectivity index (χ2v) is 6.65. The van der Waals surface area contributed by atoms with Crippen LogP contribution in [0.25, 0.3) is 0 Å². The van der Waals surface area contributed by atoms with E-state index in [-0.39, 0.29) is 5.75 Å². The van der Waals surface area contributed by atoms with Crippen molar-refractivity contribution in [2.45, 2.75) is 51.0 Å². The van der Waals surface area contributed by atoms with Crippen molar-refractivity contribution in [3.8, 4) is 11.5 Å². The van der Waals surface area contributed by atoms with E-state index < -0.39 is 0 Å². The van der Waals surface area contributed by atoms with Gasteiger partial charge in [0.15, 0.2) is 5.96 Å². The monoisotopic (exact) mass is 363 g/mol. The normalized spacial score (nSPS) is 16.2. The van der Waals surface area contributed by atoms with Crippen LogP contribution in [-0.2, 0) is 11.2 Å². The van der Waals surface area contributed by atoms with Gasteiger partial charge >= 0.3 is 0 Å². The van der Waals surface area contributed by atoms with Crippen molar-refractivity contribution in [2.24, 2.45) is 4.99 Å². The highest BCUT2D eigenvalue weighted by Gasteiger charge is 2.12. The van der Waals surface area contributed by atoms with Crippen molar-refractivity contribution >= 4 is 5.96 Å². The van der Waals surface area contributed by atoms with Crippen LogP contribution in [0, 0.1) is 0 Å². The molecule has 3 N–H and O–H groups in total. The Bertz CT molecular complexity index is 555. The molecule has 6 heteroatoms. The van der Waals surface area contributed by atoms with Gasteiger partial charge < -0.3 is 25.2 Å². The molecular formula is C20H33N3O3.